The summed E-state index contributed by atoms with van der Waals surface area (Å²) < 4.78 is 0. The highest BCUT2D eigenvalue weighted by Crippen LogP contribution is 2.61. The molecule has 0 aromatic heterocycles. The smallest absolute Gasteiger partial charge is 0.241 e. The largest absolute Gasteiger partial charge is 0.346 e. The number of piperidine rings is 1. The zero-order valence-corrected chi connectivity index (χ0v) is 9.82. The molecule has 2 atom stereocenters. The average molecular weight is 225 g/mol. The number of carbonyl (C=O) groups excluding carboxylic acids is 2. The lowest BCUT2D eigenvalue weighted by Crippen LogP contribution is -2.42. The van der Waals surface area contributed by atoms with Crippen molar-refractivity contribution in [1.82, 2.24) is 10.2 Å². The molecule has 2 unspecified atom stereocenters. The molecule has 5 nitrogen and oxygen atoms in total. The molecule has 0 radical (unpaired) electrons. The molecular weight excluding hydrogens is 206 g/mol. The quantitative estimate of drug-likeness (QED) is 0.658. The molecule has 2 fully saturated rings. The van der Waals surface area contributed by atoms with Gasteiger partial charge in [-0.3, -0.25) is 9.59 Å². The molecule has 1 saturated carbocycles. The van der Waals surface area contributed by atoms with Gasteiger partial charge in [0, 0.05) is 13.1 Å². The van der Waals surface area contributed by atoms with Crippen LogP contribution in [0.15, 0.2) is 0 Å². The minimum absolute atomic E-state index is 0.00444. The van der Waals surface area contributed by atoms with E-state index in [9.17, 15) is 9.59 Å². The van der Waals surface area contributed by atoms with E-state index in [-0.39, 0.29) is 24.9 Å². The van der Waals surface area contributed by atoms with Gasteiger partial charge in [-0.1, -0.05) is 13.8 Å². The molecule has 1 saturated heterocycles. The molecule has 5 heteroatoms. The first-order chi connectivity index (χ1) is 7.46. The SMILES string of the molecule is CC1(C)C2CN(C(=O)CNC(=O)CN)CC21. The lowest BCUT2D eigenvalue weighted by Gasteiger charge is -2.22. The normalized spacial score (nSPS) is 29.8. The van der Waals surface area contributed by atoms with E-state index >= 15 is 0 Å². The van der Waals surface area contributed by atoms with Crippen LogP contribution in [-0.4, -0.2) is 42.9 Å². The molecule has 1 aliphatic heterocycles. The summed E-state index contributed by atoms with van der Waals surface area (Å²) in [6.07, 6.45) is 0. The van der Waals surface area contributed by atoms with Gasteiger partial charge >= 0.3 is 0 Å². The Labute approximate surface area is 95.3 Å². The van der Waals surface area contributed by atoms with Crippen molar-refractivity contribution < 1.29 is 9.59 Å². The molecule has 2 amide bonds. The third-order valence-corrected chi connectivity index (χ3v) is 4.10. The molecule has 0 aromatic carbocycles. The Kier molecular flexibility index (Phi) is 2.66. The van der Waals surface area contributed by atoms with Crippen LogP contribution in [0.3, 0.4) is 0 Å². The Hall–Kier alpha value is -1.10. The summed E-state index contributed by atoms with van der Waals surface area (Å²) in [6, 6.07) is 0. The molecule has 90 valence electrons. The molecule has 16 heavy (non-hydrogen) atoms. The molecular formula is C11H19N3O2. The predicted molar refractivity (Wildman–Crippen MR) is 59.4 cm³/mol. The second-order valence-corrected chi connectivity index (χ2v) is 5.31. The van der Waals surface area contributed by atoms with E-state index in [4.69, 9.17) is 5.73 Å². The summed E-state index contributed by atoms with van der Waals surface area (Å²) in [7, 11) is 0. The van der Waals surface area contributed by atoms with Crippen LogP contribution in [0.5, 0.6) is 0 Å². The highest BCUT2D eigenvalue weighted by Gasteiger charge is 2.62. The molecule has 1 heterocycles. The van der Waals surface area contributed by atoms with E-state index in [0.29, 0.717) is 17.3 Å². The van der Waals surface area contributed by atoms with Gasteiger partial charge in [0.2, 0.25) is 11.8 Å². The predicted octanol–water partition coefficient (Wildman–Crippen LogP) is -0.824. The summed E-state index contributed by atoms with van der Waals surface area (Å²) in [4.78, 5) is 24.5. The topological polar surface area (TPSA) is 75.4 Å². The zero-order valence-electron chi connectivity index (χ0n) is 9.82. The maximum atomic E-state index is 11.7. The maximum absolute atomic E-state index is 11.7. The fourth-order valence-corrected chi connectivity index (χ4v) is 2.69. The molecule has 0 bridgehead atoms. The van der Waals surface area contributed by atoms with Crippen molar-refractivity contribution in [3.63, 3.8) is 0 Å². The highest BCUT2D eigenvalue weighted by atomic mass is 16.2. The van der Waals surface area contributed by atoms with Crippen molar-refractivity contribution in [3.8, 4) is 0 Å². The van der Waals surface area contributed by atoms with E-state index < -0.39 is 0 Å². The van der Waals surface area contributed by atoms with Gasteiger partial charge in [0.25, 0.3) is 0 Å². The number of nitrogens with zero attached hydrogens (tertiary/aromatic N) is 1. The van der Waals surface area contributed by atoms with Crippen LogP contribution >= 0.6 is 0 Å². The Balaban J connectivity index is 1.75. The Morgan fingerprint density at radius 1 is 1.38 bits per heavy atom. The summed E-state index contributed by atoms with van der Waals surface area (Å²) in [5.74, 6) is 1.03. The van der Waals surface area contributed by atoms with Crippen LogP contribution in [0.4, 0.5) is 0 Å². The van der Waals surface area contributed by atoms with E-state index in [1.807, 2.05) is 4.90 Å². The second-order valence-electron chi connectivity index (χ2n) is 5.31. The number of likely N-dealkylation sites (tertiary alicyclic amines) is 1. The number of fused-ring (bicyclic) bond motifs is 1. The average Bonchev–Trinajstić information content (AvgIpc) is 2.70. The van der Waals surface area contributed by atoms with Gasteiger partial charge in [0.1, 0.15) is 0 Å². The van der Waals surface area contributed by atoms with Gasteiger partial charge in [-0.15, -0.1) is 0 Å². The second kappa shape index (κ2) is 3.73. The first-order valence-electron chi connectivity index (χ1n) is 5.71. The fourth-order valence-electron chi connectivity index (χ4n) is 2.69. The number of nitrogens with two attached hydrogens (primary N) is 1. The summed E-state index contributed by atoms with van der Waals surface area (Å²) in [6.45, 7) is 6.20. The van der Waals surface area contributed by atoms with Crippen LogP contribution in [-0.2, 0) is 9.59 Å². The van der Waals surface area contributed by atoms with Crippen molar-refractivity contribution in [3.05, 3.63) is 0 Å². The van der Waals surface area contributed by atoms with Crippen LogP contribution in [0.25, 0.3) is 0 Å². The minimum Gasteiger partial charge on any atom is -0.346 e. The fraction of sp³-hybridized carbons (Fsp3) is 0.818. The third-order valence-electron chi connectivity index (χ3n) is 4.10. The van der Waals surface area contributed by atoms with Crippen LogP contribution in [0.2, 0.25) is 0 Å². The molecule has 2 aliphatic rings. The number of hydrogen-bond acceptors (Lipinski definition) is 3. The van der Waals surface area contributed by atoms with Gasteiger partial charge in [0.15, 0.2) is 0 Å². The van der Waals surface area contributed by atoms with Crippen molar-refractivity contribution in [1.29, 1.82) is 0 Å². The van der Waals surface area contributed by atoms with E-state index in [1.54, 1.807) is 0 Å². The van der Waals surface area contributed by atoms with Crippen molar-refractivity contribution in [2.24, 2.45) is 23.0 Å². The Morgan fingerprint density at radius 3 is 2.44 bits per heavy atom. The van der Waals surface area contributed by atoms with Gasteiger partial charge in [-0.05, 0) is 17.3 Å². The molecule has 0 aromatic rings. The van der Waals surface area contributed by atoms with E-state index in [0.717, 1.165) is 13.1 Å². The first kappa shape index (κ1) is 11.4. The number of rotatable bonds is 3. The highest BCUT2D eigenvalue weighted by molar-refractivity contribution is 5.85. The standard InChI is InChI=1S/C11H19N3O2/c1-11(2)7-5-14(6-8(7)11)10(16)4-13-9(15)3-12/h7-8H,3-6,12H2,1-2H3,(H,13,15). The van der Waals surface area contributed by atoms with Gasteiger partial charge in [0.05, 0.1) is 13.1 Å². The lowest BCUT2D eigenvalue weighted by atomic mass is 10.1. The number of amides is 2. The van der Waals surface area contributed by atoms with Gasteiger partial charge in [-0.2, -0.15) is 0 Å². The maximum Gasteiger partial charge on any atom is 0.241 e. The van der Waals surface area contributed by atoms with Crippen LogP contribution in [0.1, 0.15) is 13.8 Å². The van der Waals surface area contributed by atoms with Crippen molar-refractivity contribution in [2.75, 3.05) is 26.2 Å². The number of nitrogens with one attached hydrogen (secondary N) is 1. The lowest BCUT2D eigenvalue weighted by molar-refractivity contribution is -0.132. The van der Waals surface area contributed by atoms with E-state index in [2.05, 4.69) is 19.2 Å². The summed E-state index contributed by atoms with van der Waals surface area (Å²) in [5.41, 5.74) is 5.55. The monoisotopic (exact) mass is 225 g/mol. The van der Waals surface area contributed by atoms with Crippen LogP contribution in [0, 0.1) is 17.3 Å². The van der Waals surface area contributed by atoms with E-state index in [1.165, 1.54) is 0 Å². The zero-order chi connectivity index (χ0) is 11.9. The van der Waals surface area contributed by atoms with Crippen LogP contribution < -0.4 is 11.1 Å². The molecule has 1 aliphatic carbocycles. The van der Waals surface area contributed by atoms with Gasteiger partial charge in [-0.25, -0.2) is 0 Å². The summed E-state index contributed by atoms with van der Waals surface area (Å²) >= 11 is 0. The first-order valence-corrected chi connectivity index (χ1v) is 5.71. The van der Waals surface area contributed by atoms with Gasteiger partial charge < -0.3 is 16.0 Å². The minimum atomic E-state index is -0.280. The van der Waals surface area contributed by atoms with Crippen molar-refractivity contribution in [2.45, 2.75) is 13.8 Å². The summed E-state index contributed by atoms with van der Waals surface area (Å²) in [5, 5.41) is 2.50. The molecule has 0 spiro atoms. The third kappa shape index (κ3) is 1.80. The Bertz CT molecular complexity index is 313. The van der Waals surface area contributed by atoms with Crippen molar-refractivity contribution >= 4 is 11.8 Å². The number of hydrogen-bond donors (Lipinski definition) is 2. The molecule has 3 N–H and O–H groups in total. The Morgan fingerprint density at radius 2 is 1.94 bits per heavy atom. The molecule has 2 rings (SSSR count). The number of carbonyl (C=O) groups is 2.